The number of anilines is 2. The number of ether oxygens (including phenoxy) is 1. The molecule has 0 unspecified atom stereocenters. The third-order valence-corrected chi connectivity index (χ3v) is 3.51. The number of carbonyl (C=O) groups excluding carboxylic acids is 2. The molecule has 0 aromatic heterocycles. The van der Waals surface area contributed by atoms with E-state index in [4.69, 9.17) is 4.74 Å². The topological polar surface area (TPSA) is 67.4 Å². The van der Waals surface area contributed by atoms with E-state index in [1.807, 2.05) is 0 Å². The first kappa shape index (κ1) is 19.5. The highest BCUT2D eigenvalue weighted by Crippen LogP contribution is 2.32. The minimum Gasteiger partial charge on any atom is -0.375 e. The summed E-state index contributed by atoms with van der Waals surface area (Å²) >= 11 is 0. The molecule has 0 aliphatic rings. The Bertz CT molecular complexity index is 820. The monoisotopic (exact) mass is 366 g/mol. The van der Waals surface area contributed by atoms with Gasteiger partial charge in [0.2, 0.25) is 5.91 Å². The van der Waals surface area contributed by atoms with Crippen molar-refractivity contribution in [3.63, 3.8) is 0 Å². The number of nitrogens with one attached hydrogen (secondary N) is 2. The molecule has 26 heavy (non-hydrogen) atoms. The van der Waals surface area contributed by atoms with Crippen molar-refractivity contribution in [3.05, 3.63) is 59.2 Å². The van der Waals surface area contributed by atoms with E-state index in [9.17, 15) is 22.8 Å². The fourth-order valence-corrected chi connectivity index (χ4v) is 2.33. The van der Waals surface area contributed by atoms with Crippen LogP contribution >= 0.6 is 0 Å². The minimum atomic E-state index is -4.63. The highest BCUT2D eigenvalue weighted by Gasteiger charge is 2.34. The molecule has 0 radical (unpaired) electrons. The van der Waals surface area contributed by atoms with Crippen LogP contribution in [-0.4, -0.2) is 25.5 Å². The van der Waals surface area contributed by atoms with Crippen LogP contribution in [0.3, 0.4) is 0 Å². The maximum absolute atomic E-state index is 13.0. The molecule has 0 atom stereocenters. The number of halogens is 3. The summed E-state index contributed by atoms with van der Waals surface area (Å²) in [5.41, 5.74) is -0.000818. The highest BCUT2D eigenvalue weighted by atomic mass is 19.4. The number of benzene rings is 2. The van der Waals surface area contributed by atoms with Crippen molar-refractivity contribution in [1.82, 2.24) is 0 Å². The Balaban J connectivity index is 2.18. The molecular weight excluding hydrogens is 349 g/mol. The molecular formula is C18H17F3N2O3. The Morgan fingerprint density at radius 1 is 1.08 bits per heavy atom. The summed E-state index contributed by atoms with van der Waals surface area (Å²) in [6.45, 7) is 1.59. The Morgan fingerprint density at radius 2 is 1.77 bits per heavy atom. The van der Waals surface area contributed by atoms with Crippen LogP contribution < -0.4 is 10.6 Å². The number of alkyl halides is 3. The first-order valence-electron chi connectivity index (χ1n) is 7.59. The molecule has 2 amide bonds. The average Bonchev–Trinajstić information content (AvgIpc) is 2.57. The number of hydrogen-bond acceptors (Lipinski definition) is 3. The van der Waals surface area contributed by atoms with Crippen LogP contribution in [0, 0.1) is 6.92 Å². The fourth-order valence-electron chi connectivity index (χ4n) is 2.33. The summed E-state index contributed by atoms with van der Waals surface area (Å²) < 4.78 is 43.8. The lowest BCUT2D eigenvalue weighted by Crippen LogP contribution is -2.19. The summed E-state index contributed by atoms with van der Waals surface area (Å²) in [7, 11) is 1.39. The zero-order chi connectivity index (χ0) is 19.3. The Labute approximate surface area is 148 Å². The molecule has 5 nitrogen and oxygen atoms in total. The first-order chi connectivity index (χ1) is 12.2. The van der Waals surface area contributed by atoms with Crippen molar-refractivity contribution >= 4 is 23.2 Å². The number of aryl methyl sites for hydroxylation is 1. The van der Waals surface area contributed by atoms with E-state index >= 15 is 0 Å². The summed E-state index contributed by atoms with van der Waals surface area (Å²) in [4.78, 5) is 23.8. The number of carbonyl (C=O) groups is 2. The van der Waals surface area contributed by atoms with Crippen LogP contribution in [-0.2, 0) is 15.7 Å². The molecule has 2 aromatic rings. The van der Waals surface area contributed by atoms with Crippen LogP contribution in [0.15, 0.2) is 42.5 Å². The van der Waals surface area contributed by atoms with Crippen LogP contribution in [0.4, 0.5) is 24.5 Å². The third-order valence-electron chi connectivity index (χ3n) is 3.51. The highest BCUT2D eigenvalue weighted by molar-refractivity contribution is 6.05. The van der Waals surface area contributed by atoms with Crippen molar-refractivity contribution in [3.8, 4) is 0 Å². The van der Waals surface area contributed by atoms with Gasteiger partial charge in [0.25, 0.3) is 5.91 Å². The summed E-state index contributed by atoms with van der Waals surface area (Å²) in [5, 5.41) is 5.07. The largest absolute Gasteiger partial charge is 0.417 e. The van der Waals surface area contributed by atoms with E-state index in [0.29, 0.717) is 16.9 Å². The van der Waals surface area contributed by atoms with Gasteiger partial charge in [-0.1, -0.05) is 12.1 Å². The van der Waals surface area contributed by atoms with Crippen LogP contribution in [0.25, 0.3) is 0 Å². The normalized spacial score (nSPS) is 11.1. The van der Waals surface area contributed by atoms with Crippen molar-refractivity contribution in [2.75, 3.05) is 24.4 Å². The van der Waals surface area contributed by atoms with Gasteiger partial charge in [0.15, 0.2) is 0 Å². The number of methoxy groups -OCH3 is 1. The van der Waals surface area contributed by atoms with E-state index in [1.54, 1.807) is 19.1 Å². The van der Waals surface area contributed by atoms with E-state index in [0.717, 1.165) is 12.1 Å². The van der Waals surface area contributed by atoms with Gasteiger partial charge in [-0.05, 0) is 42.8 Å². The number of amides is 2. The van der Waals surface area contributed by atoms with Crippen LogP contribution in [0.1, 0.15) is 21.5 Å². The van der Waals surface area contributed by atoms with Gasteiger partial charge in [-0.2, -0.15) is 13.2 Å². The van der Waals surface area contributed by atoms with Gasteiger partial charge in [0.05, 0.1) is 11.1 Å². The number of hydrogen-bond donors (Lipinski definition) is 2. The fraction of sp³-hybridized carbons (Fsp3) is 0.222. The molecule has 138 valence electrons. The van der Waals surface area contributed by atoms with Gasteiger partial charge in [0.1, 0.15) is 6.61 Å². The molecule has 0 aliphatic heterocycles. The Kier molecular flexibility index (Phi) is 5.99. The van der Waals surface area contributed by atoms with E-state index in [1.165, 1.54) is 25.3 Å². The van der Waals surface area contributed by atoms with Crippen molar-refractivity contribution in [1.29, 1.82) is 0 Å². The van der Waals surface area contributed by atoms with Gasteiger partial charge >= 0.3 is 6.18 Å². The maximum atomic E-state index is 13.0. The zero-order valence-electron chi connectivity index (χ0n) is 14.1. The molecule has 0 saturated carbocycles. The predicted molar refractivity (Wildman–Crippen MR) is 91.1 cm³/mol. The first-order valence-corrected chi connectivity index (χ1v) is 7.59. The summed E-state index contributed by atoms with van der Waals surface area (Å²) in [6, 6.07) is 9.15. The summed E-state index contributed by atoms with van der Waals surface area (Å²) in [6.07, 6.45) is -4.63. The molecule has 0 aliphatic carbocycles. The standard InChI is InChI=1S/C18H17F3N2O3/c1-11-9-12(7-8-15(11)23-16(24)10-26-2)22-17(25)13-5-3-4-6-14(13)18(19,20)21/h3-9H,10H2,1-2H3,(H,22,25)(H,23,24). The molecule has 2 aromatic carbocycles. The molecule has 2 rings (SSSR count). The van der Waals surface area contributed by atoms with E-state index in [2.05, 4.69) is 10.6 Å². The van der Waals surface area contributed by atoms with Gasteiger partial charge in [0, 0.05) is 18.5 Å². The van der Waals surface area contributed by atoms with Gasteiger partial charge < -0.3 is 15.4 Å². The van der Waals surface area contributed by atoms with Crippen molar-refractivity contribution < 1.29 is 27.5 Å². The second kappa shape index (κ2) is 8.01. The molecule has 0 bridgehead atoms. The third kappa shape index (κ3) is 4.82. The quantitative estimate of drug-likeness (QED) is 0.845. The van der Waals surface area contributed by atoms with Gasteiger partial charge in [-0.25, -0.2) is 0 Å². The Hall–Kier alpha value is -2.87. The van der Waals surface area contributed by atoms with E-state index < -0.39 is 23.2 Å². The van der Waals surface area contributed by atoms with Crippen LogP contribution in [0.5, 0.6) is 0 Å². The number of rotatable bonds is 5. The second-order valence-electron chi connectivity index (χ2n) is 5.51. The van der Waals surface area contributed by atoms with Crippen molar-refractivity contribution in [2.24, 2.45) is 0 Å². The lowest BCUT2D eigenvalue weighted by atomic mass is 10.1. The minimum absolute atomic E-state index is 0.105. The predicted octanol–water partition coefficient (Wildman–Crippen LogP) is 3.85. The zero-order valence-corrected chi connectivity index (χ0v) is 14.1. The van der Waals surface area contributed by atoms with Gasteiger partial charge in [-0.3, -0.25) is 9.59 Å². The lowest BCUT2D eigenvalue weighted by molar-refractivity contribution is -0.137. The van der Waals surface area contributed by atoms with Gasteiger partial charge in [-0.15, -0.1) is 0 Å². The average molecular weight is 366 g/mol. The summed E-state index contributed by atoms with van der Waals surface area (Å²) in [5.74, 6) is -1.21. The molecule has 0 fully saturated rings. The Morgan fingerprint density at radius 3 is 2.38 bits per heavy atom. The second-order valence-corrected chi connectivity index (χ2v) is 5.51. The van der Waals surface area contributed by atoms with E-state index in [-0.39, 0.29) is 12.5 Å². The molecule has 2 N–H and O–H groups in total. The smallest absolute Gasteiger partial charge is 0.375 e. The van der Waals surface area contributed by atoms with Crippen LogP contribution in [0.2, 0.25) is 0 Å². The van der Waals surface area contributed by atoms with Crippen molar-refractivity contribution in [2.45, 2.75) is 13.1 Å². The lowest BCUT2D eigenvalue weighted by Gasteiger charge is -2.14. The maximum Gasteiger partial charge on any atom is 0.417 e. The SMILES string of the molecule is COCC(=O)Nc1ccc(NC(=O)c2ccccc2C(F)(F)F)cc1C. The molecule has 0 heterocycles. The molecule has 8 heteroatoms. The molecule has 0 saturated heterocycles. The molecule has 0 spiro atoms.